The van der Waals surface area contributed by atoms with E-state index in [9.17, 15) is 4.79 Å². The number of rotatable bonds is 11. The van der Waals surface area contributed by atoms with E-state index in [1.807, 2.05) is 17.7 Å². The zero-order valence-corrected chi connectivity index (χ0v) is 16.8. The molecule has 0 saturated carbocycles. The van der Waals surface area contributed by atoms with Gasteiger partial charge in [0.2, 0.25) is 11.8 Å². The summed E-state index contributed by atoms with van der Waals surface area (Å²) < 4.78 is 7.89. The lowest BCUT2D eigenvalue weighted by atomic mass is 10.1. The Bertz CT molecular complexity index is 692. The predicted molar refractivity (Wildman–Crippen MR) is 109 cm³/mol. The third kappa shape index (κ3) is 7.53. The Balaban J connectivity index is 2.07. The standard InChI is InChI=1S/C22H33N3O2/c1-3-5-6-7-8-12-16-27-22-17-19(24-21(26)13-4-2)18-23-25(22)20-14-10-9-11-15-20/h10-11,14-15,17-18,20H,3-9,12-13,16H2,1-2H3. The second kappa shape index (κ2) is 12.3. The van der Waals surface area contributed by atoms with Crippen molar-refractivity contribution in [3.8, 4) is 5.88 Å². The summed E-state index contributed by atoms with van der Waals surface area (Å²) >= 11 is 0. The van der Waals surface area contributed by atoms with Crippen LogP contribution in [0, 0.1) is 0 Å². The van der Waals surface area contributed by atoms with Crippen LogP contribution in [0.4, 0.5) is 0 Å². The lowest BCUT2D eigenvalue weighted by Crippen LogP contribution is -2.19. The van der Waals surface area contributed by atoms with Crippen molar-refractivity contribution in [3.05, 3.63) is 41.9 Å². The number of aromatic nitrogens is 2. The van der Waals surface area contributed by atoms with Gasteiger partial charge in [-0.15, -0.1) is 0 Å². The maximum Gasteiger partial charge on any atom is 0.246 e. The highest BCUT2D eigenvalue weighted by Crippen LogP contribution is 2.20. The monoisotopic (exact) mass is 371 g/mol. The minimum atomic E-state index is -0.114. The average molecular weight is 372 g/mol. The summed E-state index contributed by atoms with van der Waals surface area (Å²) in [6.45, 7) is 4.86. The van der Waals surface area contributed by atoms with Crippen LogP contribution in [-0.4, -0.2) is 22.3 Å². The van der Waals surface area contributed by atoms with E-state index < -0.39 is 0 Å². The number of allylic oxidation sites excluding steroid dienone is 4. The highest BCUT2D eigenvalue weighted by molar-refractivity contribution is 5.76. The summed E-state index contributed by atoms with van der Waals surface area (Å²) in [5.74, 6) is 0.548. The Morgan fingerprint density at radius 3 is 2.63 bits per heavy atom. The van der Waals surface area contributed by atoms with Crippen LogP contribution in [0.15, 0.2) is 41.6 Å². The van der Waals surface area contributed by atoms with E-state index in [1.54, 1.807) is 6.20 Å². The van der Waals surface area contributed by atoms with Gasteiger partial charge >= 0.3 is 0 Å². The number of nitrogens with zero attached hydrogens (tertiary/aromatic N) is 3. The van der Waals surface area contributed by atoms with Crippen LogP contribution < -0.4 is 10.1 Å². The van der Waals surface area contributed by atoms with Crippen LogP contribution in [0.1, 0.15) is 77.7 Å². The maximum absolute atomic E-state index is 11.8. The summed E-state index contributed by atoms with van der Waals surface area (Å²) in [6, 6.07) is 1.87. The van der Waals surface area contributed by atoms with Crippen molar-refractivity contribution in [2.45, 2.75) is 77.7 Å². The number of carbonyl (C=O) groups is 1. The van der Waals surface area contributed by atoms with Crippen LogP contribution in [0.3, 0.4) is 0 Å². The van der Waals surface area contributed by atoms with Gasteiger partial charge in [0, 0.05) is 12.5 Å². The fraction of sp³-hybridized carbons (Fsp3) is 0.591. The van der Waals surface area contributed by atoms with Gasteiger partial charge in [-0.2, -0.15) is 5.10 Å². The summed E-state index contributed by atoms with van der Waals surface area (Å²) in [7, 11) is 0. The molecule has 0 aliphatic heterocycles. The molecule has 1 aromatic heterocycles. The summed E-state index contributed by atoms with van der Waals surface area (Å²) in [4.78, 5) is 16.0. The average Bonchev–Trinajstić information content (AvgIpc) is 2.68. The molecule has 0 unspecified atom stereocenters. The molecule has 2 rings (SSSR count). The molecule has 0 saturated heterocycles. The molecule has 0 fully saturated rings. The number of amides is 1. The quantitative estimate of drug-likeness (QED) is 0.410. The van der Waals surface area contributed by atoms with Crippen LogP contribution in [0.25, 0.3) is 0 Å². The van der Waals surface area contributed by atoms with E-state index in [0.29, 0.717) is 24.3 Å². The van der Waals surface area contributed by atoms with Gasteiger partial charge < -0.3 is 4.74 Å². The van der Waals surface area contributed by atoms with Gasteiger partial charge in [-0.3, -0.25) is 4.79 Å². The fourth-order valence-corrected chi connectivity index (χ4v) is 3.02. The summed E-state index contributed by atoms with van der Waals surface area (Å²) in [6.07, 6.45) is 19.6. The first-order chi connectivity index (χ1) is 13.2. The second-order valence-corrected chi connectivity index (χ2v) is 6.95. The van der Waals surface area contributed by atoms with Crippen molar-refractivity contribution in [2.75, 3.05) is 6.61 Å². The van der Waals surface area contributed by atoms with Gasteiger partial charge in [0.15, 0.2) is 0 Å². The molecule has 1 aromatic rings. The van der Waals surface area contributed by atoms with Gasteiger partial charge in [0.25, 0.3) is 0 Å². The molecule has 148 valence electrons. The van der Waals surface area contributed by atoms with Gasteiger partial charge in [-0.05, 0) is 19.3 Å². The Kier molecular flexibility index (Phi) is 9.60. The Morgan fingerprint density at radius 2 is 1.89 bits per heavy atom. The molecule has 0 aromatic carbocycles. The van der Waals surface area contributed by atoms with Crippen molar-refractivity contribution >= 4 is 5.91 Å². The summed E-state index contributed by atoms with van der Waals surface area (Å²) in [5.41, 5.74) is 0. The number of unbranched alkanes of at least 4 members (excludes halogenated alkanes) is 5. The Morgan fingerprint density at radius 1 is 1.15 bits per heavy atom. The molecular weight excluding hydrogens is 338 g/mol. The molecule has 1 aliphatic carbocycles. The van der Waals surface area contributed by atoms with Crippen molar-refractivity contribution in [1.29, 1.82) is 0 Å². The minimum Gasteiger partial charge on any atom is -0.478 e. The maximum atomic E-state index is 11.8. The number of hydrogen-bond acceptors (Lipinski definition) is 3. The zero-order chi connectivity index (χ0) is 19.3. The number of hydrogen-bond donors (Lipinski definition) is 0. The normalized spacial score (nSPS) is 14.7. The molecule has 0 N–H and O–H groups in total. The predicted octanol–water partition coefficient (Wildman–Crippen LogP) is 4.91. The second-order valence-electron chi connectivity index (χ2n) is 6.95. The van der Waals surface area contributed by atoms with Crippen molar-refractivity contribution in [2.24, 2.45) is 4.99 Å². The van der Waals surface area contributed by atoms with Gasteiger partial charge in [0.05, 0.1) is 24.2 Å². The van der Waals surface area contributed by atoms with E-state index in [1.165, 1.54) is 32.1 Å². The molecule has 0 spiro atoms. The van der Waals surface area contributed by atoms with Gasteiger partial charge in [0.1, 0.15) is 0 Å². The van der Waals surface area contributed by atoms with E-state index >= 15 is 0 Å². The molecule has 1 heterocycles. The van der Waals surface area contributed by atoms with Gasteiger partial charge in [-0.1, -0.05) is 70.3 Å². The lowest BCUT2D eigenvalue weighted by molar-refractivity contribution is -0.118. The van der Waals surface area contributed by atoms with E-state index in [4.69, 9.17) is 4.74 Å². The summed E-state index contributed by atoms with van der Waals surface area (Å²) in [5, 5.41) is 5.06. The van der Waals surface area contributed by atoms with Crippen molar-refractivity contribution in [1.82, 2.24) is 9.78 Å². The van der Waals surface area contributed by atoms with Crippen molar-refractivity contribution in [3.63, 3.8) is 0 Å². The molecule has 0 radical (unpaired) electrons. The molecule has 27 heavy (non-hydrogen) atoms. The van der Waals surface area contributed by atoms with E-state index in [-0.39, 0.29) is 11.9 Å². The van der Waals surface area contributed by atoms with Gasteiger partial charge in [-0.25, -0.2) is 9.67 Å². The third-order valence-electron chi connectivity index (χ3n) is 4.50. The highest BCUT2D eigenvalue weighted by atomic mass is 16.5. The topological polar surface area (TPSA) is 56.5 Å². The zero-order valence-electron chi connectivity index (χ0n) is 16.8. The van der Waals surface area contributed by atoms with Crippen LogP contribution in [0.2, 0.25) is 0 Å². The van der Waals surface area contributed by atoms with Crippen LogP contribution in [0.5, 0.6) is 5.88 Å². The highest BCUT2D eigenvalue weighted by Gasteiger charge is 2.12. The first-order valence-corrected chi connectivity index (χ1v) is 10.4. The first-order valence-electron chi connectivity index (χ1n) is 10.4. The Labute approximate surface area is 162 Å². The number of ether oxygens (including phenoxy) is 1. The molecular formula is C22H33N3O2. The Hall–Kier alpha value is -2.17. The molecule has 1 amide bonds. The third-order valence-corrected chi connectivity index (χ3v) is 4.50. The largest absolute Gasteiger partial charge is 0.478 e. The molecule has 5 heteroatoms. The SMILES string of the molecule is CCCCCCCCOc1cc(=NC(=O)CCC)cnn1C1C=CCC=C1. The first kappa shape index (κ1) is 21.1. The molecule has 5 nitrogen and oxygen atoms in total. The molecule has 1 aliphatic rings. The van der Waals surface area contributed by atoms with E-state index in [0.717, 1.165) is 19.3 Å². The van der Waals surface area contributed by atoms with Crippen LogP contribution >= 0.6 is 0 Å². The fourth-order valence-electron chi connectivity index (χ4n) is 3.02. The molecule has 0 atom stereocenters. The van der Waals surface area contributed by atoms with Crippen molar-refractivity contribution < 1.29 is 9.53 Å². The minimum absolute atomic E-state index is 0.0405. The smallest absolute Gasteiger partial charge is 0.246 e. The van der Waals surface area contributed by atoms with Crippen LogP contribution in [-0.2, 0) is 4.79 Å². The lowest BCUT2D eigenvalue weighted by Gasteiger charge is -2.19. The molecule has 0 bridgehead atoms. The number of carbonyl (C=O) groups excluding carboxylic acids is 1. The van der Waals surface area contributed by atoms with E-state index in [2.05, 4.69) is 41.3 Å².